The summed E-state index contributed by atoms with van der Waals surface area (Å²) in [4.78, 5) is 14.5. The summed E-state index contributed by atoms with van der Waals surface area (Å²) in [7, 11) is 0. The molecule has 0 amide bonds. The minimum atomic E-state index is 0.252. The van der Waals surface area contributed by atoms with Crippen molar-refractivity contribution >= 4 is 6.29 Å². The summed E-state index contributed by atoms with van der Waals surface area (Å²) >= 11 is 0. The standard InChI is InChI=1S/C14H15N2O2/c1-11-13(7-8-15-9-10-17)16-14(18-11)12-5-3-2-4-6-12/h2-6,15H,7-9H2,1H3. The highest BCUT2D eigenvalue weighted by Gasteiger charge is 2.10. The first-order valence-corrected chi connectivity index (χ1v) is 5.88. The molecule has 0 aliphatic carbocycles. The Morgan fingerprint density at radius 2 is 2.11 bits per heavy atom. The Labute approximate surface area is 106 Å². The van der Waals surface area contributed by atoms with E-state index in [0.717, 1.165) is 23.4 Å². The lowest BCUT2D eigenvalue weighted by Gasteiger charge is -1.97. The number of aryl methyl sites for hydroxylation is 1. The van der Waals surface area contributed by atoms with Gasteiger partial charge in [-0.25, -0.2) is 4.98 Å². The van der Waals surface area contributed by atoms with E-state index in [1.807, 2.05) is 37.3 Å². The number of oxazole rings is 1. The molecular formula is C14H15N2O2. The van der Waals surface area contributed by atoms with E-state index in [2.05, 4.69) is 10.3 Å². The molecule has 0 saturated carbocycles. The fourth-order valence-electron chi connectivity index (χ4n) is 1.71. The van der Waals surface area contributed by atoms with Gasteiger partial charge in [0.25, 0.3) is 0 Å². The Hall–Kier alpha value is -1.94. The third kappa shape index (κ3) is 3.05. The lowest BCUT2D eigenvalue weighted by molar-refractivity contribution is 0.537. The Morgan fingerprint density at radius 3 is 2.83 bits per heavy atom. The Morgan fingerprint density at radius 1 is 1.33 bits per heavy atom. The van der Waals surface area contributed by atoms with Crippen molar-refractivity contribution in [3.8, 4) is 11.5 Å². The molecule has 2 rings (SSSR count). The number of benzene rings is 1. The van der Waals surface area contributed by atoms with E-state index < -0.39 is 0 Å². The smallest absolute Gasteiger partial charge is 0.226 e. The van der Waals surface area contributed by atoms with E-state index in [-0.39, 0.29) is 6.54 Å². The van der Waals surface area contributed by atoms with E-state index in [9.17, 15) is 4.79 Å². The van der Waals surface area contributed by atoms with Gasteiger partial charge in [0.2, 0.25) is 12.2 Å². The van der Waals surface area contributed by atoms with E-state index in [4.69, 9.17) is 4.42 Å². The van der Waals surface area contributed by atoms with Gasteiger partial charge in [0.05, 0.1) is 12.2 Å². The second-order valence-electron chi connectivity index (χ2n) is 3.96. The van der Waals surface area contributed by atoms with Gasteiger partial charge >= 0.3 is 0 Å². The van der Waals surface area contributed by atoms with Crippen LogP contribution in [0, 0.1) is 6.92 Å². The van der Waals surface area contributed by atoms with E-state index >= 15 is 0 Å². The predicted octanol–water partition coefficient (Wildman–Crippen LogP) is 1.89. The van der Waals surface area contributed by atoms with Crippen LogP contribution in [0.25, 0.3) is 11.5 Å². The number of nitrogens with one attached hydrogen (secondary N) is 1. The third-order valence-electron chi connectivity index (χ3n) is 2.65. The van der Waals surface area contributed by atoms with Crippen molar-refractivity contribution in [3.05, 3.63) is 41.8 Å². The normalized spacial score (nSPS) is 10.5. The third-order valence-corrected chi connectivity index (χ3v) is 2.65. The SMILES string of the molecule is Cc1oc(-c2ccccc2)nc1CCNC[C]=O. The van der Waals surface area contributed by atoms with Gasteiger partial charge in [0.15, 0.2) is 0 Å². The first-order chi connectivity index (χ1) is 8.81. The minimum Gasteiger partial charge on any atom is -0.441 e. The lowest BCUT2D eigenvalue weighted by atomic mass is 10.2. The monoisotopic (exact) mass is 243 g/mol. The second-order valence-corrected chi connectivity index (χ2v) is 3.96. The summed E-state index contributed by atoms with van der Waals surface area (Å²) in [6.07, 6.45) is 2.53. The molecule has 1 aromatic heterocycles. The van der Waals surface area contributed by atoms with Gasteiger partial charge in [-0.05, 0) is 19.1 Å². The molecule has 1 N–H and O–H groups in total. The van der Waals surface area contributed by atoms with Crippen LogP contribution in [0.2, 0.25) is 0 Å². The summed E-state index contributed by atoms with van der Waals surface area (Å²) in [6.45, 7) is 2.85. The zero-order chi connectivity index (χ0) is 12.8. The Kier molecular flexibility index (Phi) is 4.25. The van der Waals surface area contributed by atoms with E-state index in [1.54, 1.807) is 6.29 Å². The molecule has 0 unspecified atom stereocenters. The summed E-state index contributed by atoms with van der Waals surface area (Å²) in [6, 6.07) is 9.80. The zero-order valence-electron chi connectivity index (χ0n) is 10.3. The van der Waals surface area contributed by atoms with E-state index in [0.29, 0.717) is 12.4 Å². The maximum atomic E-state index is 10.1. The zero-order valence-corrected chi connectivity index (χ0v) is 10.3. The largest absolute Gasteiger partial charge is 0.441 e. The minimum absolute atomic E-state index is 0.252. The Balaban J connectivity index is 2.05. The number of aromatic nitrogens is 1. The van der Waals surface area contributed by atoms with Crippen LogP contribution >= 0.6 is 0 Å². The molecule has 0 bridgehead atoms. The Bertz CT molecular complexity index is 506. The molecule has 4 heteroatoms. The highest BCUT2D eigenvalue weighted by Crippen LogP contribution is 2.21. The first kappa shape index (κ1) is 12.5. The van der Waals surface area contributed by atoms with Gasteiger partial charge in [-0.1, -0.05) is 18.2 Å². The van der Waals surface area contributed by atoms with Crippen LogP contribution in [0.15, 0.2) is 34.7 Å². The quantitative estimate of drug-likeness (QED) is 0.787. The van der Waals surface area contributed by atoms with Crippen LogP contribution in [0.3, 0.4) is 0 Å². The van der Waals surface area contributed by atoms with Gasteiger partial charge in [-0.15, -0.1) is 0 Å². The van der Waals surface area contributed by atoms with Crippen molar-refractivity contribution in [2.75, 3.05) is 13.1 Å². The maximum absolute atomic E-state index is 10.1. The molecule has 0 fully saturated rings. The molecule has 0 aliphatic rings. The van der Waals surface area contributed by atoms with Crippen molar-refractivity contribution in [2.45, 2.75) is 13.3 Å². The lowest BCUT2D eigenvalue weighted by Crippen LogP contribution is -2.19. The number of hydrogen-bond donors (Lipinski definition) is 1. The number of hydrogen-bond acceptors (Lipinski definition) is 4. The van der Waals surface area contributed by atoms with Crippen molar-refractivity contribution in [3.63, 3.8) is 0 Å². The van der Waals surface area contributed by atoms with Crippen LogP contribution in [-0.4, -0.2) is 24.4 Å². The van der Waals surface area contributed by atoms with Crippen molar-refractivity contribution < 1.29 is 9.21 Å². The van der Waals surface area contributed by atoms with Crippen LogP contribution < -0.4 is 5.32 Å². The topological polar surface area (TPSA) is 55.1 Å². The molecule has 1 heterocycles. The van der Waals surface area contributed by atoms with Crippen LogP contribution in [-0.2, 0) is 11.2 Å². The molecule has 1 aromatic carbocycles. The first-order valence-electron chi connectivity index (χ1n) is 5.88. The molecule has 0 atom stereocenters. The van der Waals surface area contributed by atoms with Crippen LogP contribution in [0.4, 0.5) is 0 Å². The molecule has 1 radical (unpaired) electrons. The molecule has 0 aliphatic heterocycles. The molecule has 2 aromatic rings. The molecule has 0 spiro atoms. The van der Waals surface area contributed by atoms with Gasteiger partial charge in [-0.3, -0.25) is 4.79 Å². The van der Waals surface area contributed by atoms with Gasteiger partial charge in [0, 0.05) is 18.5 Å². The summed E-state index contributed by atoms with van der Waals surface area (Å²) < 4.78 is 5.64. The summed E-state index contributed by atoms with van der Waals surface area (Å²) in [5, 5.41) is 2.95. The maximum Gasteiger partial charge on any atom is 0.226 e. The molecular weight excluding hydrogens is 228 g/mol. The predicted molar refractivity (Wildman–Crippen MR) is 68.9 cm³/mol. The number of carbonyl (C=O) groups excluding carboxylic acids is 1. The molecule has 18 heavy (non-hydrogen) atoms. The summed E-state index contributed by atoms with van der Waals surface area (Å²) in [5.41, 5.74) is 1.90. The second kappa shape index (κ2) is 6.12. The van der Waals surface area contributed by atoms with E-state index in [1.165, 1.54) is 0 Å². The highest BCUT2D eigenvalue weighted by atomic mass is 16.4. The summed E-state index contributed by atoms with van der Waals surface area (Å²) in [5.74, 6) is 1.47. The van der Waals surface area contributed by atoms with Crippen molar-refractivity contribution in [1.82, 2.24) is 10.3 Å². The van der Waals surface area contributed by atoms with Gasteiger partial charge in [0.1, 0.15) is 5.76 Å². The molecule has 4 nitrogen and oxygen atoms in total. The number of rotatable bonds is 6. The fourth-order valence-corrected chi connectivity index (χ4v) is 1.71. The fraction of sp³-hybridized carbons (Fsp3) is 0.286. The highest BCUT2D eigenvalue weighted by molar-refractivity contribution is 5.53. The van der Waals surface area contributed by atoms with Gasteiger partial charge < -0.3 is 9.73 Å². The average Bonchev–Trinajstić information content (AvgIpc) is 2.77. The molecule has 93 valence electrons. The van der Waals surface area contributed by atoms with Gasteiger partial charge in [-0.2, -0.15) is 0 Å². The average molecular weight is 243 g/mol. The number of nitrogens with zero attached hydrogens (tertiary/aromatic N) is 1. The van der Waals surface area contributed by atoms with Crippen LogP contribution in [0.5, 0.6) is 0 Å². The van der Waals surface area contributed by atoms with Crippen molar-refractivity contribution in [1.29, 1.82) is 0 Å². The van der Waals surface area contributed by atoms with Crippen LogP contribution in [0.1, 0.15) is 11.5 Å². The molecule has 0 saturated heterocycles. The van der Waals surface area contributed by atoms with Crippen molar-refractivity contribution in [2.24, 2.45) is 0 Å².